The number of hydrogen-bond acceptors (Lipinski definition) is 7. The maximum Gasteiger partial charge on any atom is 0.338 e. The summed E-state index contributed by atoms with van der Waals surface area (Å²) in [5, 5.41) is 24.2. The van der Waals surface area contributed by atoms with E-state index in [0.717, 1.165) is 25.3 Å². The summed E-state index contributed by atoms with van der Waals surface area (Å²) < 4.78 is 4.49. The van der Waals surface area contributed by atoms with E-state index in [9.17, 15) is 29.8 Å². The minimum absolute atomic E-state index is 0.0800. The summed E-state index contributed by atoms with van der Waals surface area (Å²) in [4.78, 5) is 44.4. The van der Waals surface area contributed by atoms with E-state index in [-0.39, 0.29) is 22.5 Å². The van der Waals surface area contributed by atoms with E-state index in [2.05, 4.69) is 10.1 Å². The Morgan fingerprint density at radius 3 is 2.24 bits per heavy atom. The van der Waals surface area contributed by atoms with E-state index >= 15 is 0 Å². The van der Waals surface area contributed by atoms with Crippen LogP contribution in [0.2, 0.25) is 0 Å². The highest BCUT2D eigenvalue weighted by Gasteiger charge is 2.20. The molecule has 128 valence electrons. The van der Waals surface area contributed by atoms with E-state index < -0.39 is 27.4 Å². The maximum atomic E-state index is 12.3. The molecule has 2 aromatic rings. The SMILES string of the molecule is COC(=O)c1cc(C(=O)Nc2ccccc2[N+](=O)[O-])cc([N+](=O)[O-])c1. The number of carbonyl (C=O) groups excluding carboxylic acids is 2. The van der Waals surface area contributed by atoms with Crippen molar-refractivity contribution in [3.05, 3.63) is 73.8 Å². The fourth-order valence-electron chi connectivity index (χ4n) is 2.02. The van der Waals surface area contributed by atoms with Crippen molar-refractivity contribution in [3.8, 4) is 0 Å². The number of rotatable bonds is 5. The molecule has 2 rings (SSSR count). The molecule has 1 N–H and O–H groups in total. The van der Waals surface area contributed by atoms with Gasteiger partial charge in [-0.2, -0.15) is 0 Å². The van der Waals surface area contributed by atoms with Gasteiger partial charge in [0, 0.05) is 23.8 Å². The number of para-hydroxylation sites is 2. The van der Waals surface area contributed by atoms with Crippen LogP contribution in [-0.2, 0) is 4.74 Å². The standard InChI is InChI=1S/C15H11N3O7/c1-25-15(20)10-6-9(7-11(8-10)17(21)22)14(19)16-12-4-2-3-5-13(12)18(23)24/h2-8H,1H3,(H,16,19). The van der Waals surface area contributed by atoms with Gasteiger partial charge in [0.1, 0.15) is 5.69 Å². The third-order valence-electron chi connectivity index (χ3n) is 3.16. The Labute approximate surface area is 140 Å². The first-order valence-electron chi connectivity index (χ1n) is 6.76. The van der Waals surface area contributed by atoms with Gasteiger partial charge < -0.3 is 10.1 Å². The summed E-state index contributed by atoms with van der Waals surface area (Å²) in [5.74, 6) is -1.70. The number of nitro benzene ring substituents is 2. The van der Waals surface area contributed by atoms with Gasteiger partial charge in [0.2, 0.25) is 0 Å². The van der Waals surface area contributed by atoms with E-state index in [4.69, 9.17) is 0 Å². The number of hydrogen-bond donors (Lipinski definition) is 1. The monoisotopic (exact) mass is 345 g/mol. The minimum atomic E-state index is -0.858. The minimum Gasteiger partial charge on any atom is -0.465 e. The fourth-order valence-corrected chi connectivity index (χ4v) is 2.02. The lowest BCUT2D eigenvalue weighted by Gasteiger charge is -2.07. The molecule has 0 fully saturated rings. The highest BCUT2D eigenvalue weighted by atomic mass is 16.6. The Morgan fingerprint density at radius 1 is 1.00 bits per heavy atom. The summed E-state index contributed by atoms with van der Waals surface area (Å²) in [6.45, 7) is 0. The van der Waals surface area contributed by atoms with Crippen LogP contribution in [0.4, 0.5) is 17.1 Å². The third kappa shape index (κ3) is 3.93. The van der Waals surface area contributed by atoms with Crippen LogP contribution < -0.4 is 5.32 Å². The van der Waals surface area contributed by atoms with E-state index in [1.54, 1.807) is 0 Å². The van der Waals surface area contributed by atoms with Crippen LogP contribution in [0, 0.1) is 20.2 Å². The van der Waals surface area contributed by atoms with Crippen LogP contribution in [0.15, 0.2) is 42.5 Å². The van der Waals surface area contributed by atoms with Gasteiger partial charge in [-0.05, 0) is 12.1 Å². The lowest BCUT2D eigenvalue weighted by atomic mass is 10.1. The first-order chi connectivity index (χ1) is 11.8. The first-order valence-corrected chi connectivity index (χ1v) is 6.76. The molecular formula is C15H11N3O7. The van der Waals surface area contributed by atoms with Crippen molar-refractivity contribution in [2.45, 2.75) is 0 Å². The van der Waals surface area contributed by atoms with Gasteiger partial charge in [-0.25, -0.2) is 4.79 Å². The van der Waals surface area contributed by atoms with Gasteiger partial charge in [0.15, 0.2) is 0 Å². The predicted octanol–water partition coefficient (Wildman–Crippen LogP) is 2.54. The van der Waals surface area contributed by atoms with Crippen LogP contribution >= 0.6 is 0 Å². The van der Waals surface area contributed by atoms with E-state index in [1.807, 2.05) is 0 Å². The Morgan fingerprint density at radius 2 is 1.64 bits per heavy atom. The number of carbonyl (C=O) groups is 2. The molecule has 0 saturated heterocycles. The number of nitrogens with zero attached hydrogens (tertiary/aromatic N) is 2. The second-order valence-corrected chi connectivity index (χ2v) is 4.75. The van der Waals surface area contributed by atoms with Gasteiger partial charge in [0.05, 0.1) is 22.5 Å². The third-order valence-corrected chi connectivity index (χ3v) is 3.16. The molecule has 0 atom stereocenters. The molecule has 10 nitrogen and oxygen atoms in total. The number of nitrogens with one attached hydrogen (secondary N) is 1. The van der Waals surface area contributed by atoms with Gasteiger partial charge in [0.25, 0.3) is 17.3 Å². The summed E-state index contributed by atoms with van der Waals surface area (Å²) >= 11 is 0. The molecule has 0 bridgehead atoms. The number of non-ortho nitro benzene ring substituents is 1. The molecule has 0 aliphatic rings. The van der Waals surface area contributed by atoms with Crippen molar-refractivity contribution in [3.63, 3.8) is 0 Å². The average Bonchev–Trinajstić information content (AvgIpc) is 2.60. The molecule has 0 spiro atoms. The Kier molecular flexibility index (Phi) is 5.03. The molecule has 25 heavy (non-hydrogen) atoms. The van der Waals surface area contributed by atoms with Crippen molar-refractivity contribution >= 4 is 28.9 Å². The first kappa shape index (κ1) is 17.5. The molecule has 0 aliphatic heterocycles. The Hall–Kier alpha value is -3.82. The Bertz CT molecular complexity index is 879. The largest absolute Gasteiger partial charge is 0.465 e. The smallest absolute Gasteiger partial charge is 0.338 e. The van der Waals surface area contributed by atoms with Crippen LogP contribution in [0.3, 0.4) is 0 Å². The second kappa shape index (κ2) is 7.17. The van der Waals surface area contributed by atoms with Crippen molar-refractivity contribution in [2.24, 2.45) is 0 Å². The molecule has 0 unspecified atom stereocenters. The van der Waals surface area contributed by atoms with Crippen molar-refractivity contribution in [2.75, 3.05) is 12.4 Å². The van der Waals surface area contributed by atoms with Crippen molar-refractivity contribution in [1.82, 2.24) is 0 Å². The molecule has 10 heteroatoms. The van der Waals surface area contributed by atoms with Crippen molar-refractivity contribution < 1.29 is 24.2 Å². The number of methoxy groups -OCH3 is 1. The number of esters is 1. The van der Waals surface area contributed by atoms with Gasteiger partial charge in [-0.3, -0.25) is 25.0 Å². The number of benzene rings is 2. The zero-order chi connectivity index (χ0) is 18.6. The van der Waals surface area contributed by atoms with E-state index in [1.165, 1.54) is 24.3 Å². The molecule has 0 heterocycles. The zero-order valence-corrected chi connectivity index (χ0v) is 12.8. The topological polar surface area (TPSA) is 142 Å². The number of amides is 1. The predicted molar refractivity (Wildman–Crippen MR) is 85.5 cm³/mol. The Balaban J connectivity index is 2.42. The van der Waals surface area contributed by atoms with E-state index in [0.29, 0.717) is 0 Å². The molecule has 0 aliphatic carbocycles. The van der Waals surface area contributed by atoms with Crippen LogP contribution in [0.25, 0.3) is 0 Å². The lowest BCUT2D eigenvalue weighted by molar-refractivity contribution is -0.384. The lowest BCUT2D eigenvalue weighted by Crippen LogP contribution is -2.15. The van der Waals surface area contributed by atoms with Crippen LogP contribution in [-0.4, -0.2) is 28.8 Å². The summed E-state index contributed by atoms with van der Waals surface area (Å²) in [5.41, 5.74) is -1.31. The summed E-state index contributed by atoms with van der Waals surface area (Å²) in [6.07, 6.45) is 0. The molecule has 1 amide bonds. The molecule has 0 saturated carbocycles. The number of anilines is 1. The van der Waals surface area contributed by atoms with Gasteiger partial charge in [-0.1, -0.05) is 12.1 Å². The summed E-state index contributed by atoms with van der Waals surface area (Å²) in [7, 11) is 1.09. The number of nitro groups is 2. The van der Waals surface area contributed by atoms with Crippen molar-refractivity contribution in [1.29, 1.82) is 0 Å². The zero-order valence-electron chi connectivity index (χ0n) is 12.8. The van der Waals surface area contributed by atoms with Crippen LogP contribution in [0.5, 0.6) is 0 Å². The average molecular weight is 345 g/mol. The fraction of sp³-hybridized carbons (Fsp3) is 0.0667. The molecular weight excluding hydrogens is 334 g/mol. The molecule has 0 aromatic heterocycles. The molecule has 2 aromatic carbocycles. The highest BCUT2D eigenvalue weighted by Crippen LogP contribution is 2.25. The highest BCUT2D eigenvalue weighted by molar-refractivity contribution is 6.07. The van der Waals surface area contributed by atoms with Gasteiger partial charge in [-0.15, -0.1) is 0 Å². The quantitative estimate of drug-likeness (QED) is 0.498. The van der Waals surface area contributed by atoms with Crippen LogP contribution in [0.1, 0.15) is 20.7 Å². The maximum absolute atomic E-state index is 12.3. The van der Waals surface area contributed by atoms with Gasteiger partial charge >= 0.3 is 5.97 Å². The summed E-state index contributed by atoms with van der Waals surface area (Å²) in [6, 6.07) is 8.44. The molecule has 0 radical (unpaired) electrons. The number of ether oxygens (including phenoxy) is 1. The normalized spacial score (nSPS) is 9.96. The second-order valence-electron chi connectivity index (χ2n) is 4.75.